The molecule has 0 radical (unpaired) electrons. The molecule has 5 heteroatoms. The van der Waals surface area contributed by atoms with Crippen molar-refractivity contribution in [3.05, 3.63) is 45.9 Å². The van der Waals surface area contributed by atoms with Gasteiger partial charge in [0, 0.05) is 21.0 Å². The van der Waals surface area contributed by atoms with E-state index in [0.717, 1.165) is 14.8 Å². The van der Waals surface area contributed by atoms with Crippen LogP contribution in [-0.2, 0) is 0 Å². The van der Waals surface area contributed by atoms with E-state index in [2.05, 4.69) is 15.9 Å². The predicted molar refractivity (Wildman–Crippen MR) is 74.1 cm³/mol. The Morgan fingerprint density at radius 2 is 1.84 bits per heavy atom. The minimum atomic E-state index is -0.357. The monoisotopic (exact) mass is 319 g/mol. The molecule has 1 aliphatic heterocycles. The summed E-state index contributed by atoms with van der Waals surface area (Å²) < 4.78 is 0.791. The van der Waals surface area contributed by atoms with Crippen LogP contribution < -0.4 is 0 Å². The highest BCUT2D eigenvalue weighted by molar-refractivity contribution is 9.10. The molecule has 0 aliphatic carbocycles. The molecule has 4 nitrogen and oxygen atoms in total. The Bertz CT molecular complexity index is 711. The maximum Gasteiger partial charge on any atom is 0.261 e. The molecule has 0 bridgehead atoms. The quantitative estimate of drug-likeness (QED) is 0.863. The first-order chi connectivity index (χ1) is 9.13. The molecule has 1 heterocycles. The number of β-amino-alcohol motifs (C(OH)–C–C–N with tert-alkyl or cyclic N) is 1. The van der Waals surface area contributed by atoms with E-state index in [4.69, 9.17) is 5.11 Å². The molecule has 2 amide bonds. The van der Waals surface area contributed by atoms with E-state index in [-0.39, 0.29) is 25.0 Å². The lowest BCUT2D eigenvalue weighted by molar-refractivity contribution is 0.0580. The Balaban J connectivity index is 2.35. The molecule has 1 aliphatic rings. The minimum absolute atomic E-state index is 0.0139. The van der Waals surface area contributed by atoms with Crippen LogP contribution in [0.15, 0.2) is 34.8 Å². The van der Waals surface area contributed by atoms with Gasteiger partial charge in [0.05, 0.1) is 13.2 Å². The maximum absolute atomic E-state index is 12.3. The van der Waals surface area contributed by atoms with Crippen LogP contribution in [0.4, 0.5) is 0 Å². The van der Waals surface area contributed by atoms with E-state index in [1.54, 1.807) is 18.2 Å². The van der Waals surface area contributed by atoms with Crippen LogP contribution in [0, 0.1) is 0 Å². The molecular formula is C14H10BrNO3. The van der Waals surface area contributed by atoms with E-state index in [1.165, 1.54) is 0 Å². The van der Waals surface area contributed by atoms with Gasteiger partial charge in [-0.25, -0.2) is 0 Å². The first-order valence-corrected chi connectivity index (χ1v) is 6.62. The molecule has 0 unspecified atom stereocenters. The zero-order valence-electron chi connectivity index (χ0n) is 9.89. The zero-order chi connectivity index (χ0) is 13.6. The standard InChI is InChI=1S/C14H10BrNO3/c15-9-6-8-2-1-3-10-12(8)11(7-9)14(19)16(4-5-17)13(10)18/h1-3,6-7,17H,4-5H2. The van der Waals surface area contributed by atoms with Gasteiger partial charge in [0.2, 0.25) is 0 Å². The highest BCUT2D eigenvalue weighted by Crippen LogP contribution is 2.32. The molecule has 0 fully saturated rings. The van der Waals surface area contributed by atoms with Crippen molar-refractivity contribution in [1.29, 1.82) is 0 Å². The van der Waals surface area contributed by atoms with Crippen LogP contribution in [0.25, 0.3) is 10.8 Å². The second-order valence-electron chi connectivity index (χ2n) is 4.34. The summed E-state index contributed by atoms with van der Waals surface area (Å²) in [5.74, 6) is -0.705. The van der Waals surface area contributed by atoms with Gasteiger partial charge in [-0.2, -0.15) is 0 Å². The molecule has 1 N–H and O–H groups in total. The number of aliphatic hydroxyl groups excluding tert-OH is 1. The highest BCUT2D eigenvalue weighted by atomic mass is 79.9. The Hall–Kier alpha value is -1.72. The number of amides is 2. The van der Waals surface area contributed by atoms with Crippen LogP contribution in [0.1, 0.15) is 20.7 Å². The summed E-state index contributed by atoms with van der Waals surface area (Å²) in [5.41, 5.74) is 1.00. The van der Waals surface area contributed by atoms with Gasteiger partial charge in [0.1, 0.15) is 0 Å². The molecule has 0 atom stereocenters. The molecule has 0 saturated carbocycles. The first-order valence-electron chi connectivity index (χ1n) is 5.83. The number of hydrogen-bond acceptors (Lipinski definition) is 3. The van der Waals surface area contributed by atoms with Crippen molar-refractivity contribution >= 4 is 38.5 Å². The van der Waals surface area contributed by atoms with Crippen molar-refractivity contribution in [2.24, 2.45) is 0 Å². The Morgan fingerprint density at radius 3 is 2.58 bits per heavy atom. The number of benzene rings is 2. The lowest BCUT2D eigenvalue weighted by Gasteiger charge is -2.26. The number of rotatable bonds is 2. The summed E-state index contributed by atoms with van der Waals surface area (Å²) in [6, 6.07) is 8.96. The minimum Gasteiger partial charge on any atom is -0.395 e. The summed E-state index contributed by atoms with van der Waals surface area (Å²) in [6.07, 6.45) is 0. The molecule has 0 saturated heterocycles. The highest BCUT2D eigenvalue weighted by Gasteiger charge is 2.32. The fourth-order valence-electron chi connectivity index (χ4n) is 2.42. The molecule has 0 spiro atoms. The third-order valence-corrected chi connectivity index (χ3v) is 3.67. The number of carbonyl (C=O) groups is 2. The van der Waals surface area contributed by atoms with Crippen LogP contribution in [-0.4, -0.2) is 35.0 Å². The van der Waals surface area contributed by atoms with Gasteiger partial charge in [0.25, 0.3) is 11.8 Å². The van der Waals surface area contributed by atoms with Crippen LogP contribution in [0.2, 0.25) is 0 Å². The number of carbonyl (C=O) groups excluding carboxylic acids is 2. The van der Waals surface area contributed by atoms with E-state index >= 15 is 0 Å². The van der Waals surface area contributed by atoms with Gasteiger partial charge in [0.15, 0.2) is 0 Å². The molecule has 2 aromatic rings. The number of aliphatic hydroxyl groups is 1. The Morgan fingerprint density at radius 1 is 1.11 bits per heavy atom. The zero-order valence-corrected chi connectivity index (χ0v) is 11.5. The van der Waals surface area contributed by atoms with Gasteiger partial charge < -0.3 is 5.11 Å². The number of nitrogens with zero attached hydrogens (tertiary/aromatic N) is 1. The normalized spacial score (nSPS) is 14.3. The van der Waals surface area contributed by atoms with E-state index < -0.39 is 0 Å². The average molecular weight is 320 g/mol. The lowest BCUT2D eigenvalue weighted by atomic mass is 9.94. The van der Waals surface area contributed by atoms with Crippen LogP contribution in [0.5, 0.6) is 0 Å². The summed E-state index contributed by atoms with van der Waals surface area (Å²) in [6.45, 7) is -0.225. The molecular weight excluding hydrogens is 310 g/mol. The third-order valence-electron chi connectivity index (χ3n) is 3.22. The molecule has 96 valence electrons. The number of imide groups is 1. The Labute approximate surface area is 117 Å². The summed E-state index contributed by atoms with van der Waals surface area (Å²) in [4.78, 5) is 25.7. The summed E-state index contributed by atoms with van der Waals surface area (Å²) >= 11 is 3.37. The maximum atomic E-state index is 12.3. The molecule has 2 aromatic carbocycles. The van der Waals surface area contributed by atoms with E-state index in [0.29, 0.717) is 16.5 Å². The van der Waals surface area contributed by atoms with E-state index in [9.17, 15) is 9.59 Å². The van der Waals surface area contributed by atoms with Crippen LogP contribution in [0.3, 0.4) is 0 Å². The van der Waals surface area contributed by atoms with Crippen molar-refractivity contribution in [3.8, 4) is 0 Å². The van der Waals surface area contributed by atoms with Crippen molar-refractivity contribution in [2.45, 2.75) is 0 Å². The average Bonchev–Trinajstić information content (AvgIpc) is 2.40. The predicted octanol–water partition coefficient (Wildman–Crippen LogP) is 2.19. The van der Waals surface area contributed by atoms with Gasteiger partial charge in [-0.15, -0.1) is 0 Å². The van der Waals surface area contributed by atoms with E-state index in [1.807, 2.05) is 12.1 Å². The summed E-state index contributed by atoms with van der Waals surface area (Å²) in [5, 5.41) is 10.5. The Kier molecular flexibility index (Phi) is 2.88. The third kappa shape index (κ3) is 1.77. The smallest absolute Gasteiger partial charge is 0.261 e. The lowest BCUT2D eigenvalue weighted by Crippen LogP contribution is -2.41. The van der Waals surface area contributed by atoms with Crippen molar-refractivity contribution < 1.29 is 14.7 Å². The van der Waals surface area contributed by atoms with Crippen molar-refractivity contribution in [1.82, 2.24) is 4.90 Å². The van der Waals surface area contributed by atoms with Gasteiger partial charge in [-0.05, 0) is 23.6 Å². The van der Waals surface area contributed by atoms with Gasteiger partial charge in [-0.3, -0.25) is 14.5 Å². The van der Waals surface area contributed by atoms with Crippen LogP contribution >= 0.6 is 15.9 Å². The molecule has 0 aromatic heterocycles. The fraction of sp³-hybridized carbons (Fsp3) is 0.143. The SMILES string of the molecule is O=C1c2cccc3cc(Br)cc(c23)C(=O)N1CCO. The molecule has 19 heavy (non-hydrogen) atoms. The van der Waals surface area contributed by atoms with Gasteiger partial charge in [-0.1, -0.05) is 28.1 Å². The second-order valence-corrected chi connectivity index (χ2v) is 5.26. The fourth-order valence-corrected chi connectivity index (χ4v) is 2.90. The second kappa shape index (κ2) is 4.43. The summed E-state index contributed by atoms with van der Waals surface area (Å²) in [7, 11) is 0. The van der Waals surface area contributed by atoms with Crippen molar-refractivity contribution in [3.63, 3.8) is 0 Å². The molecule has 3 rings (SSSR count). The largest absolute Gasteiger partial charge is 0.395 e. The number of halogens is 1. The van der Waals surface area contributed by atoms with Crippen molar-refractivity contribution in [2.75, 3.05) is 13.2 Å². The first kappa shape index (κ1) is 12.3. The van der Waals surface area contributed by atoms with Gasteiger partial charge >= 0.3 is 0 Å². The topological polar surface area (TPSA) is 57.6 Å². The number of hydrogen-bond donors (Lipinski definition) is 1.